The van der Waals surface area contributed by atoms with E-state index in [2.05, 4.69) is 17.0 Å². The summed E-state index contributed by atoms with van der Waals surface area (Å²) in [5.41, 5.74) is 0. The van der Waals surface area contributed by atoms with Crippen LogP contribution in [0.3, 0.4) is 0 Å². The van der Waals surface area contributed by atoms with E-state index in [-0.39, 0.29) is 6.04 Å². The van der Waals surface area contributed by atoms with Crippen molar-refractivity contribution in [2.45, 2.75) is 45.1 Å². The Morgan fingerprint density at radius 3 is 2.37 bits per heavy atom. The maximum atomic E-state index is 12.4. The van der Waals surface area contributed by atoms with E-state index in [0.717, 1.165) is 38.6 Å². The standard InChI is InChI=1S/C13H27N3O2S/c1-11-4-3-5-13(11)15-19(17,18)16-8-6-12(7-9-16)10-14-2/h11-15H,3-10H2,1-2H3. The zero-order valence-corrected chi connectivity index (χ0v) is 12.9. The van der Waals surface area contributed by atoms with E-state index in [1.54, 1.807) is 4.31 Å². The molecule has 1 heterocycles. The molecule has 0 amide bonds. The zero-order chi connectivity index (χ0) is 13.9. The highest BCUT2D eigenvalue weighted by Crippen LogP contribution is 2.26. The topological polar surface area (TPSA) is 61.4 Å². The second-order valence-corrected chi connectivity index (χ2v) is 7.74. The largest absolute Gasteiger partial charge is 0.319 e. The Morgan fingerprint density at radius 2 is 1.84 bits per heavy atom. The Morgan fingerprint density at radius 1 is 1.16 bits per heavy atom. The fourth-order valence-electron chi connectivity index (χ4n) is 3.23. The number of hydrogen-bond acceptors (Lipinski definition) is 3. The number of nitrogens with one attached hydrogen (secondary N) is 2. The van der Waals surface area contributed by atoms with Crippen LogP contribution in [0.15, 0.2) is 0 Å². The third kappa shape index (κ3) is 3.90. The molecule has 2 N–H and O–H groups in total. The quantitative estimate of drug-likeness (QED) is 0.792. The van der Waals surface area contributed by atoms with Gasteiger partial charge in [0.1, 0.15) is 0 Å². The SMILES string of the molecule is CNCC1CCN(S(=O)(=O)NC2CCCC2C)CC1. The Labute approximate surface area is 117 Å². The maximum absolute atomic E-state index is 12.4. The third-order valence-corrected chi connectivity index (χ3v) is 6.21. The Bertz CT molecular complexity index is 377. The van der Waals surface area contributed by atoms with E-state index in [1.165, 1.54) is 0 Å². The van der Waals surface area contributed by atoms with Gasteiger partial charge in [-0.1, -0.05) is 13.3 Å². The number of piperidine rings is 1. The molecule has 1 saturated carbocycles. The Hall–Kier alpha value is -0.170. The molecule has 1 saturated heterocycles. The van der Waals surface area contributed by atoms with Gasteiger partial charge in [-0.2, -0.15) is 17.4 Å². The second kappa shape index (κ2) is 6.52. The first kappa shape index (κ1) is 15.2. The summed E-state index contributed by atoms with van der Waals surface area (Å²) in [6.45, 7) is 4.44. The van der Waals surface area contributed by atoms with Gasteiger partial charge in [0.15, 0.2) is 0 Å². The summed E-state index contributed by atoms with van der Waals surface area (Å²) in [6, 6.07) is 0.139. The molecule has 0 radical (unpaired) electrons. The van der Waals surface area contributed by atoms with Crippen LogP contribution < -0.4 is 10.0 Å². The lowest BCUT2D eigenvalue weighted by atomic mass is 9.98. The third-order valence-electron chi connectivity index (χ3n) is 4.57. The van der Waals surface area contributed by atoms with Crippen LogP contribution in [0.1, 0.15) is 39.0 Å². The van der Waals surface area contributed by atoms with Crippen LogP contribution in [0.5, 0.6) is 0 Å². The van der Waals surface area contributed by atoms with E-state index in [4.69, 9.17) is 0 Å². The second-order valence-electron chi connectivity index (χ2n) is 6.04. The molecule has 2 unspecified atom stereocenters. The molecule has 6 heteroatoms. The van der Waals surface area contributed by atoms with Gasteiger partial charge in [-0.15, -0.1) is 0 Å². The lowest BCUT2D eigenvalue weighted by Crippen LogP contribution is -2.49. The van der Waals surface area contributed by atoms with Crippen molar-refractivity contribution in [3.63, 3.8) is 0 Å². The van der Waals surface area contributed by atoms with Crippen LogP contribution in [-0.2, 0) is 10.2 Å². The summed E-state index contributed by atoms with van der Waals surface area (Å²) >= 11 is 0. The fourth-order valence-corrected chi connectivity index (χ4v) is 4.80. The minimum absolute atomic E-state index is 0.139. The van der Waals surface area contributed by atoms with Crippen LogP contribution in [0, 0.1) is 11.8 Å². The van der Waals surface area contributed by atoms with Gasteiger partial charge >= 0.3 is 0 Å². The number of rotatable bonds is 5. The van der Waals surface area contributed by atoms with Crippen molar-refractivity contribution < 1.29 is 8.42 Å². The Balaban J connectivity index is 1.87. The lowest BCUT2D eigenvalue weighted by Gasteiger charge is -2.32. The van der Waals surface area contributed by atoms with E-state index in [0.29, 0.717) is 24.9 Å². The molecule has 0 aromatic carbocycles. The molecule has 5 nitrogen and oxygen atoms in total. The molecule has 0 aromatic heterocycles. The lowest BCUT2D eigenvalue weighted by molar-refractivity contribution is 0.266. The molecule has 0 bridgehead atoms. The summed E-state index contributed by atoms with van der Waals surface area (Å²) < 4.78 is 29.2. The highest BCUT2D eigenvalue weighted by Gasteiger charge is 2.32. The molecule has 112 valence electrons. The van der Waals surface area contributed by atoms with Crippen molar-refractivity contribution in [3.05, 3.63) is 0 Å². The average molecular weight is 289 g/mol. The highest BCUT2D eigenvalue weighted by molar-refractivity contribution is 7.87. The molecule has 2 atom stereocenters. The van der Waals surface area contributed by atoms with Gasteiger partial charge in [-0.3, -0.25) is 0 Å². The van der Waals surface area contributed by atoms with Crippen molar-refractivity contribution in [2.75, 3.05) is 26.7 Å². The van der Waals surface area contributed by atoms with Crippen molar-refractivity contribution in [2.24, 2.45) is 11.8 Å². The van der Waals surface area contributed by atoms with Gasteiger partial charge in [-0.25, -0.2) is 0 Å². The minimum atomic E-state index is -3.28. The van der Waals surface area contributed by atoms with Crippen molar-refractivity contribution in [3.8, 4) is 0 Å². The molecule has 2 rings (SSSR count). The van der Waals surface area contributed by atoms with Gasteiger partial charge in [0, 0.05) is 19.1 Å². The van der Waals surface area contributed by atoms with Crippen molar-refractivity contribution in [1.82, 2.24) is 14.3 Å². The molecule has 1 aliphatic heterocycles. The van der Waals surface area contributed by atoms with Gasteiger partial charge in [0.05, 0.1) is 0 Å². The van der Waals surface area contributed by atoms with Crippen LogP contribution in [0.2, 0.25) is 0 Å². The molecule has 0 aromatic rings. The van der Waals surface area contributed by atoms with Crippen molar-refractivity contribution >= 4 is 10.2 Å². The summed E-state index contributed by atoms with van der Waals surface area (Å²) in [7, 11) is -1.32. The van der Waals surface area contributed by atoms with E-state index in [1.807, 2.05) is 7.05 Å². The Kier molecular flexibility index (Phi) is 5.22. The highest BCUT2D eigenvalue weighted by atomic mass is 32.2. The zero-order valence-electron chi connectivity index (χ0n) is 12.1. The molecular weight excluding hydrogens is 262 g/mol. The first-order chi connectivity index (χ1) is 9.03. The van der Waals surface area contributed by atoms with Gasteiger partial charge in [0.2, 0.25) is 0 Å². The van der Waals surface area contributed by atoms with Crippen LogP contribution in [0.4, 0.5) is 0 Å². The van der Waals surface area contributed by atoms with E-state index < -0.39 is 10.2 Å². The fraction of sp³-hybridized carbons (Fsp3) is 1.00. The van der Waals surface area contributed by atoms with E-state index >= 15 is 0 Å². The smallest absolute Gasteiger partial charge is 0.279 e. The monoisotopic (exact) mass is 289 g/mol. The van der Waals surface area contributed by atoms with Gasteiger partial charge < -0.3 is 5.32 Å². The molecule has 2 fully saturated rings. The first-order valence-corrected chi connectivity index (χ1v) is 8.89. The average Bonchev–Trinajstić information content (AvgIpc) is 2.75. The minimum Gasteiger partial charge on any atom is -0.319 e. The number of hydrogen-bond donors (Lipinski definition) is 2. The summed E-state index contributed by atoms with van der Waals surface area (Å²) in [5.74, 6) is 1.08. The summed E-state index contributed by atoms with van der Waals surface area (Å²) in [5, 5.41) is 3.17. The van der Waals surface area contributed by atoms with Gasteiger partial charge in [0.25, 0.3) is 10.2 Å². The maximum Gasteiger partial charge on any atom is 0.279 e. The molecule has 1 aliphatic carbocycles. The molecule has 19 heavy (non-hydrogen) atoms. The summed E-state index contributed by atoms with van der Waals surface area (Å²) in [4.78, 5) is 0. The predicted octanol–water partition coefficient (Wildman–Crippen LogP) is 0.941. The van der Waals surface area contributed by atoms with Crippen molar-refractivity contribution in [1.29, 1.82) is 0 Å². The van der Waals surface area contributed by atoms with Crippen LogP contribution in [0.25, 0.3) is 0 Å². The number of nitrogens with zero attached hydrogens (tertiary/aromatic N) is 1. The molecule has 0 spiro atoms. The normalized spacial score (nSPS) is 30.8. The van der Waals surface area contributed by atoms with E-state index in [9.17, 15) is 8.42 Å². The van der Waals surface area contributed by atoms with Gasteiger partial charge in [-0.05, 0) is 51.1 Å². The predicted molar refractivity (Wildman–Crippen MR) is 77.1 cm³/mol. The van der Waals surface area contributed by atoms with Crippen LogP contribution in [-0.4, -0.2) is 45.4 Å². The first-order valence-electron chi connectivity index (χ1n) is 7.45. The molecule has 2 aliphatic rings. The molecular formula is C13H27N3O2S. The summed E-state index contributed by atoms with van der Waals surface area (Å²) in [6.07, 6.45) is 5.18. The van der Waals surface area contributed by atoms with Crippen LogP contribution >= 0.6 is 0 Å².